The lowest BCUT2D eigenvalue weighted by Gasteiger charge is -2.31. The van der Waals surface area contributed by atoms with Crippen molar-refractivity contribution in [2.45, 2.75) is 31.9 Å². The fourth-order valence-corrected chi connectivity index (χ4v) is 4.14. The van der Waals surface area contributed by atoms with Gasteiger partial charge in [0.1, 0.15) is 18.5 Å². The molecule has 7 nitrogen and oxygen atoms in total. The molecule has 2 amide bonds. The van der Waals surface area contributed by atoms with E-state index < -0.39 is 41.2 Å². The molecule has 0 fully saturated rings. The quantitative estimate of drug-likeness (QED) is 0.239. The first kappa shape index (κ1) is 30.1. The van der Waals surface area contributed by atoms with Crippen molar-refractivity contribution in [1.82, 2.24) is 14.8 Å². The van der Waals surface area contributed by atoms with E-state index in [0.29, 0.717) is 12.1 Å². The number of benzene rings is 3. The van der Waals surface area contributed by atoms with E-state index in [4.69, 9.17) is 0 Å². The van der Waals surface area contributed by atoms with Gasteiger partial charge in [-0.25, -0.2) is 18.4 Å². The van der Waals surface area contributed by atoms with Crippen LogP contribution in [0.4, 0.5) is 46.5 Å². The zero-order valence-corrected chi connectivity index (χ0v) is 21.5. The molecule has 4 rings (SSSR count). The summed E-state index contributed by atoms with van der Waals surface area (Å²) >= 11 is 0. The van der Waals surface area contributed by atoms with Gasteiger partial charge in [0.2, 0.25) is 0 Å². The fourth-order valence-electron chi connectivity index (χ4n) is 4.14. The lowest BCUT2D eigenvalue weighted by atomic mass is 9.90. The standard InChI is InChI=1S/C27H19F8N5O2/c1-14-9-18(25(29,26(30,31)32)27(33,34)35)10-15(2)22(14)39-24(42)17-5-8-21(40-13-36-12-37-40)20(11-17)38-23(41)16-3-6-19(28)7-4-16/h3-13H,1-2H3,(H,38,41)(H,39,42). The molecule has 2 N–H and O–H groups in total. The number of carbonyl (C=O) groups is 2. The number of carbonyl (C=O) groups excluding carboxylic acids is 2. The maximum atomic E-state index is 14.6. The predicted molar refractivity (Wildman–Crippen MR) is 134 cm³/mol. The number of rotatable bonds is 6. The molecule has 0 aliphatic carbocycles. The normalized spacial score (nSPS) is 12.2. The molecule has 0 saturated heterocycles. The van der Waals surface area contributed by atoms with Crippen molar-refractivity contribution in [2.75, 3.05) is 10.6 Å². The van der Waals surface area contributed by atoms with E-state index in [1.807, 2.05) is 0 Å². The van der Waals surface area contributed by atoms with Crippen LogP contribution in [0.5, 0.6) is 0 Å². The second kappa shape index (κ2) is 10.9. The largest absolute Gasteiger partial charge is 0.435 e. The van der Waals surface area contributed by atoms with Gasteiger partial charge in [-0.3, -0.25) is 9.59 Å². The summed E-state index contributed by atoms with van der Waals surface area (Å²) in [5.41, 5.74) is -7.65. The first-order valence-corrected chi connectivity index (χ1v) is 11.8. The van der Waals surface area contributed by atoms with Crippen LogP contribution in [0.25, 0.3) is 5.69 Å². The number of hydrogen-bond acceptors (Lipinski definition) is 4. The van der Waals surface area contributed by atoms with E-state index in [2.05, 4.69) is 20.7 Å². The Morgan fingerprint density at radius 2 is 1.31 bits per heavy atom. The highest BCUT2D eigenvalue weighted by molar-refractivity contribution is 6.08. The summed E-state index contributed by atoms with van der Waals surface area (Å²) in [7, 11) is 0. The van der Waals surface area contributed by atoms with E-state index in [1.54, 1.807) is 0 Å². The van der Waals surface area contributed by atoms with Gasteiger partial charge >= 0.3 is 18.0 Å². The van der Waals surface area contributed by atoms with E-state index in [9.17, 15) is 44.7 Å². The van der Waals surface area contributed by atoms with Crippen molar-refractivity contribution in [3.05, 3.63) is 101 Å². The Kier molecular flexibility index (Phi) is 7.80. The predicted octanol–water partition coefficient (Wildman–Crippen LogP) is 6.82. The van der Waals surface area contributed by atoms with Crippen LogP contribution in [-0.2, 0) is 5.67 Å². The minimum atomic E-state index is -6.30. The summed E-state index contributed by atoms with van der Waals surface area (Å²) in [6.07, 6.45) is -10.1. The summed E-state index contributed by atoms with van der Waals surface area (Å²) in [5, 5.41) is 8.97. The average Bonchev–Trinajstić information content (AvgIpc) is 3.44. The summed E-state index contributed by atoms with van der Waals surface area (Å²) in [4.78, 5) is 29.7. The van der Waals surface area contributed by atoms with Gasteiger partial charge < -0.3 is 10.6 Å². The molecule has 1 heterocycles. The number of aryl methyl sites for hydroxylation is 2. The van der Waals surface area contributed by atoms with Crippen molar-refractivity contribution < 1.29 is 44.7 Å². The Morgan fingerprint density at radius 1 is 0.762 bits per heavy atom. The minimum Gasteiger partial charge on any atom is -0.322 e. The SMILES string of the molecule is Cc1cc(C(F)(C(F)(F)F)C(F)(F)F)cc(C)c1NC(=O)c1ccc(-n2cncn2)c(NC(=O)c2ccc(F)cc2)c1. The van der Waals surface area contributed by atoms with Crippen molar-refractivity contribution in [3.8, 4) is 5.69 Å². The van der Waals surface area contributed by atoms with Crippen molar-refractivity contribution in [3.63, 3.8) is 0 Å². The van der Waals surface area contributed by atoms with Crippen molar-refractivity contribution >= 4 is 23.2 Å². The van der Waals surface area contributed by atoms with Crippen LogP contribution < -0.4 is 10.6 Å². The molecule has 0 aliphatic rings. The van der Waals surface area contributed by atoms with Gasteiger partial charge in [0, 0.05) is 22.4 Å². The number of nitrogens with one attached hydrogen (secondary N) is 2. The maximum absolute atomic E-state index is 14.6. The molecule has 3 aromatic carbocycles. The second-order valence-electron chi connectivity index (χ2n) is 9.13. The van der Waals surface area contributed by atoms with Gasteiger partial charge in [0.05, 0.1) is 11.4 Å². The molecular weight excluding hydrogens is 578 g/mol. The summed E-state index contributed by atoms with van der Waals surface area (Å²) in [5.74, 6) is -2.09. The first-order chi connectivity index (χ1) is 19.5. The summed E-state index contributed by atoms with van der Waals surface area (Å²) in [6.45, 7) is 2.23. The minimum absolute atomic E-state index is 0.0591. The number of alkyl halides is 7. The highest BCUT2D eigenvalue weighted by atomic mass is 19.4. The first-order valence-electron chi connectivity index (χ1n) is 11.8. The van der Waals surface area contributed by atoms with Crippen LogP contribution in [0, 0.1) is 19.7 Å². The maximum Gasteiger partial charge on any atom is 0.435 e. The Morgan fingerprint density at radius 3 is 1.83 bits per heavy atom. The van der Waals surface area contributed by atoms with E-state index in [1.165, 1.54) is 47.7 Å². The van der Waals surface area contributed by atoms with E-state index >= 15 is 0 Å². The Bertz CT molecular complexity index is 1590. The van der Waals surface area contributed by atoms with Gasteiger partial charge in [0.15, 0.2) is 0 Å². The highest BCUT2D eigenvalue weighted by Gasteiger charge is 2.73. The molecule has 15 heteroatoms. The number of halogens is 8. The fraction of sp³-hybridized carbons (Fsp3) is 0.185. The third-order valence-electron chi connectivity index (χ3n) is 6.23. The smallest absolute Gasteiger partial charge is 0.322 e. The topological polar surface area (TPSA) is 88.9 Å². The number of hydrogen-bond donors (Lipinski definition) is 2. The zero-order valence-electron chi connectivity index (χ0n) is 21.5. The third-order valence-corrected chi connectivity index (χ3v) is 6.23. The molecule has 0 radical (unpaired) electrons. The van der Waals surface area contributed by atoms with Crippen LogP contribution >= 0.6 is 0 Å². The van der Waals surface area contributed by atoms with Gasteiger partial charge in [-0.15, -0.1) is 0 Å². The van der Waals surface area contributed by atoms with E-state index in [0.717, 1.165) is 26.0 Å². The lowest BCUT2D eigenvalue weighted by Crippen LogP contribution is -2.50. The molecule has 0 atom stereocenters. The van der Waals surface area contributed by atoms with Crippen LogP contribution in [0.3, 0.4) is 0 Å². The molecule has 42 heavy (non-hydrogen) atoms. The Balaban J connectivity index is 1.68. The van der Waals surface area contributed by atoms with Crippen LogP contribution in [0.15, 0.2) is 67.3 Å². The van der Waals surface area contributed by atoms with Gasteiger partial charge in [-0.2, -0.15) is 31.4 Å². The summed E-state index contributed by atoms with van der Waals surface area (Å²) in [6, 6.07) is 9.30. The number of anilines is 2. The van der Waals surface area contributed by atoms with Crippen molar-refractivity contribution in [1.29, 1.82) is 0 Å². The molecule has 0 unspecified atom stereocenters. The Labute approximate surface area is 232 Å². The summed E-state index contributed by atoms with van der Waals surface area (Å²) < 4.78 is 109. The number of amides is 2. The molecular formula is C27H19F8N5O2. The second-order valence-corrected chi connectivity index (χ2v) is 9.13. The van der Waals surface area contributed by atoms with Gasteiger partial charge in [0.25, 0.3) is 11.8 Å². The molecule has 4 aromatic rings. The molecule has 220 valence electrons. The molecule has 0 saturated carbocycles. The van der Waals surface area contributed by atoms with E-state index in [-0.39, 0.29) is 39.3 Å². The molecule has 1 aromatic heterocycles. The average molecular weight is 597 g/mol. The van der Waals surface area contributed by atoms with Gasteiger partial charge in [-0.05, 0) is 67.4 Å². The zero-order chi connectivity index (χ0) is 31.0. The van der Waals surface area contributed by atoms with Crippen LogP contribution in [0.2, 0.25) is 0 Å². The number of nitrogens with zero attached hydrogens (tertiary/aromatic N) is 3. The lowest BCUT2D eigenvalue weighted by molar-refractivity contribution is -0.348. The molecule has 0 aliphatic heterocycles. The van der Waals surface area contributed by atoms with Crippen LogP contribution in [0.1, 0.15) is 37.4 Å². The third kappa shape index (κ3) is 5.66. The Hall–Kier alpha value is -4.82. The monoisotopic (exact) mass is 597 g/mol. The molecule has 0 bridgehead atoms. The van der Waals surface area contributed by atoms with Gasteiger partial charge in [-0.1, -0.05) is 12.1 Å². The van der Waals surface area contributed by atoms with Crippen LogP contribution in [-0.4, -0.2) is 38.9 Å². The number of aromatic nitrogens is 3. The molecule has 0 spiro atoms. The van der Waals surface area contributed by atoms with Crippen molar-refractivity contribution in [2.24, 2.45) is 0 Å². The highest BCUT2D eigenvalue weighted by Crippen LogP contribution is 2.53.